The minimum Gasteiger partial charge on any atom is -0.339 e. The van der Waals surface area contributed by atoms with Crippen molar-refractivity contribution in [2.75, 3.05) is 44.6 Å². The topological polar surface area (TPSA) is 73.4 Å². The van der Waals surface area contributed by atoms with Gasteiger partial charge in [0, 0.05) is 56.6 Å². The molecule has 8 heteroatoms. The van der Waals surface area contributed by atoms with E-state index in [0.29, 0.717) is 17.4 Å². The molecule has 2 saturated heterocycles. The number of aromatic nitrogens is 2. The Bertz CT molecular complexity index is 794. The Morgan fingerprint density at radius 1 is 1.14 bits per heavy atom. The SMILES string of the molecule is Cc1ccc(Nc2cccc(C(=O)N3CCC(N4CCNCC4)C3)c2)nn1.Cl. The van der Waals surface area contributed by atoms with Crippen LogP contribution in [0.1, 0.15) is 22.5 Å². The molecule has 3 heterocycles. The number of anilines is 2. The van der Waals surface area contributed by atoms with Crippen molar-refractivity contribution < 1.29 is 4.79 Å². The molecule has 1 amide bonds. The average Bonchev–Trinajstić information content (AvgIpc) is 3.20. The Hall–Kier alpha value is -2.22. The number of nitrogens with zero attached hydrogens (tertiary/aromatic N) is 4. The van der Waals surface area contributed by atoms with Crippen molar-refractivity contribution in [3.63, 3.8) is 0 Å². The molecule has 4 rings (SSSR count). The Labute approximate surface area is 171 Å². The third-order valence-corrected chi connectivity index (χ3v) is 5.30. The van der Waals surface area contributed by atoms with Gasteiger partial charge in [-0.2, -0.15) is 5.10 Å². The van der Waals surface area contributed by atoms with Gasteiger partial charge in [-0.1, -0.05) is 6.07 Å². The summed E-state index contributed by atoms with van der Waals surface area (Å²) in [5.41, 5.74) is 2.43. The van der Waals surface area contributed by atoms with E-state index < -0.39 is 0 Å². The van der Waals surface area contributed by atoms with Gasteiger partial charge in [0.1, 0.15) is 0 Å². The van der Waals surface area contributed by atoms with Crippen molar-refractivity contribution >= 4 is 29.8 Å². The molecule has 2 aromatic rings. The molecule has 1 unspecified atom stereocenters. The first kappa shape index (κ1) is 20.5. The lowest BCUT2D eigenvalue weighted by atomic mass is 10.1. The number of piperazine rings is 1. The number of halogens is 1. The highest BCUT2D eigenvalue weighted by Gasteiger charge is 2.31. The Morgan fingerprint density at radius 3 is 2.71 bits per heavy atom. The molecule has 7 nitrogen and oxygen atoms in total. The number of nitrogens with one attached hydrogen (secondary N) is 2. The van der Waals surface area contributed by atoms with E-state index >= 15 is 0 Å². The molecule has 0 saturated carbocycles. The lowest BCUT2D eigenvalue weighted by molar-refractivity contribution is 0.0773. The summed E-state index contributed by atoms with van der Waals surface area (Å²) in [6.45, 7) is 7.78. The van der Waals surface area contributed by atoms with Crippen LogP contribution in [0, 0.1) is 6.92 Å². The summed E-state index contributed by atoms with van der Waals surface area (Å²) < 4.78 is 0. The van der Waals surface area contributed by atoms with Gasteiger partial charge in [-0.3, -0.25) is 9.69 Å². The van der Waals surface area contributed by atoms with Gasteiger partial charge in [-0.25, -0.2) is 0 Å². The quantitative estimate of drug-likeness (QED) is 0.815. The van der Waals surface area contributed by atoms with E-state index in [1.807, 2.05) is 48.2 Å². The molecule has 150 valence electrons. The smallest absolute Gasteiger partial charge is 0.253 e. The fraction of sp³-hybridized carbons (Fsp3) is 0.450. The molecule has 2 aliphatic heterocycles. The summed E-state index contributed by atoms with van der Waals surface area (Å²) in [7, 11) is 0. The number of hydrogen-bond acceptors (Lipinski definition) is 6. The summed E-state index contributed by atoms with van der Waals surface area (Å²) in [5.74, 6) is 0.774. The molecular weight excluding hydrogens is 376 g/mol. The number of aryl methyl sites for hydroxylation is 1. The number of rotatable bonds is 4. The van der Waals surface area contributed by atoms with Gasteiger partial charge in [-0.15, -0.1) is 17.5 Å². The van der Waals surface area contributed by atoms with Crippen LogP contribution in [0.2, 0.25) is 0 Å². The molecule has 2 fully saturated rings. The molecule has 1 atom stereocenters. The summed E-state index contributed by atoms with van der Waals surface area (Å²) in [5, 5.41) is 14.8. The Morgan fingerprint density at radius 2 is 1.96 bits per heavy atom. The van der Waals surface area contributed by atoms with Crippen LogP contribution >= 0.6 is 12.4 Å². The first-order valence-electron chi connectivity index (χ1n) is 9.60. The number of carbonyl (C=O) groups excluding carboxylic acids is 1. The van der Waals surface area contributed by atoms with Crippen molar-refractivity contribution in [3.8, 4) is 0 Å². The van der Waals surface area contributed by atoms with Crippen LogP contribution in [0.15, 0.2) is 36.4 Å². The second-order valence-electron chi connectivity index (χ2n) is 7.25. The van der Waals surface area contributed by atoms with E-state index in [-0.39, 0.29) is 18.3 Å². The zero-order valence-electron chi connectivity index (χ0n) is 16.1. The molecule has 28 heavy (non-hydrogen) atoms. The predicted octanol–water partition coefficient (Wildman–Crippen LogP) is 2.07. The maximum absolute atomic E-state index is 13.0. The average molecular weight is 403 g/mol. The van der Waals surface area contributed by atoms with E-state index in [2.05, 4.69) is 25.7 Å². The first-order chi connectivity index (χ1) is 13.2. The number of likely N-dealkylation sites (tertiary alicyclic amines) is 1. The standard InChI is InChI=1S/C20H26N6O.ClH/c1-15-5-6-19(24-23-15)22-17-4-2-3-16(13-17)20(27)26-10-7-18(14-26)25-11-8-21-9-12-25;/h2-6,13,18,21H,7-12,14H2,1H3,(H,22,24);1H. The highest BCUT2D eigenvalue weighted by atomic mass is 35.5. The normalized spacial score (nSPS) is 19.9. The van der Waals surface area contributed by atoms with E-state index in [9.17, 15) is 4.79 Å². The van der Waals surface area contributed by atoms with Crippen LogP contribution in [0.25, 0.3) is 0 Å². The molecular formula is C20H27ClN6O. The highest BCUT2D eigenvalue weighted by Crippen LogP contribution is 2.21. The van der Waals surface area contributed by atoms with Crippen LogP contribution in [0.5, 0.6) is 0 Å². The summed E-state index contributed by atoms with van der Waals surface area (Å²) in [6, 6.07) is 11.9. The Balaban J connectivity index is 0.00000225. The minimum absolute atomic E-state index is 0. The summed E-state index contributed by atoms with van der Waals surface area (Å²) in [6.07, 6.45) is 1.06. The molecule has 0 bridgehead atoms. The second kappa shape index (κ2) is 9.32. The minimum atomic E-state index is 0. The summed E-state index contributed by atoms with van der Waals surface area (Å²) in [4.78, 5) is 17.5. The third kappa shape index (κ3) is 4.79. The monoisotopic (exact) mass is 402 g/mol. The fourth-order valence-corrected chi connectivity index (χ4v) is 3.80. The van der Waals surface area contributed by atoms with Crippen molar-refractivity contribution in [1.82, 2.24) is 25.3 Å². The van der Waals surface area contributed by atoms with Crippen LogP contribution in [-0.2, 0) is 0 Å². The Kier molecular flexibility index (Phi) is 6.83. The van der Waals surface area contributed by atoms with Gasteiger partial charge in [0.05, 0.1) is 5.69 Å². The van der Waals surface area contributed by atoms with Gasteiger partial charge in [0.15, 0.2) is 5.82 Å². The fourth-order valence-electron chi connectivity index (χ4n) is 3.80. The number of benzene rings is 1. The zero-order chi connectivity index (χ0) is 18.6. The number of hydrogen-bond donors (Lipinski definition) is 2. The maximum atomic E-state index is 13.0. The van der Waals surface area contributed by atoms with Gasteiger partial charge in [-0.05, 0) is 43.7 Å². The van der Waals surface area contributed by atoms with Crippen molar-refractivity contribution in [1.29, 1.82) is 0 Å². The lowest BCUT2D eigenvalue weighted by Gasteiger charge is -2.32. The summed E-state index contributed by atoms with van der Waals surface area (Å²) >= 11 is 0. The van der Waals surface area contributed by atoms with Crippen molar-refractivity contribution in [2.45, 2.75) is 19.4 Å². The van der Waals surface area contributed by atoms with Crippen LogP contribution in [0.4, 0.5) is 11.5 Å². The molecule has 1 aromatic heterocycles. The van der Waals surface area contributed by atoms with Gasteiger partial charge >= 0.3 is 0 Å². The van der Waals surface area contributed by atoms with Gasteiger partial charge in [0.2, 0.25) is 0 Å². The van der Waals surface area contributed by atoms with Crippen LogP contribution < -0.4 is 10.6 Å². The van der Waals surface area contributed by atoms with E-state index in [4.69, 9.17) is 0 Å². The number of carbonyl (C=O) groups is 1. The van der Waals surface area contributed by atoms with E-state index in [0.717, 1.165) is 57.1 Å². The molecule has 1 aromatic carbocycles. The third-order valence-electron chi connectivity index (χ3n) is 5.30. The molecule has 0 spiro atoms. The van der Waals surface area contributed by atoms with Crippen molar-refractivity contribution in [2.24, 2.45) is 0 Å². The largest absolute Gasteiger partial charge is 0.339 e. The van der Waals surface area contributed by atoms with E-state index in [1.54, 1.807) is 0 Å². The predicted molar refractivity (Wildman–Crippen MR) is 112 cm³/mol. The lowest BCUT2D eigenvalue weighted by Crippen LogP contribution is -2.49. The molecule has 2 N–H and O–H groups in total. The second-order valence-corrected chi connectivity index (χ2v) is 7.25. The van der Waals surface area contributed by atoms with Crippen molar-refractivity contribution in [3.05, 3.63) is 47.7 Å². The first-order valence-corrected chi connectivity index (χ1v) is 9.60. The maximum Gasteiger partial charge on any atom is 0.253 e. The molecule has 2 aliphatic rings. The molecule has 0 radical (unpaired) electrons. The number of amides is 1. The van der Waals surface area contributed by atoms with Gasteiger partial charge in [0.25, 0.3) is 5.91 Å². The zero-order valence-corrected chi connectivity index (χ0v) is 16.9. The highest BCUT2D eigenvalue weighted by molar-refractivity contribution is 5.95. The van der Waals surface area contributed by atoms with Crippen LogP contribution in [0.3, 0.4) is 0 Å². The molecule has 0 aliphatic carbocycles. The van der Waals surface area contributed by atoms with Crippen LogP contribution in [-0.4, -0.2) is 71.2 Å². The van der Waals surface area contributed by atoms with Gasteiger partial charge < -0.3 is 15.5 Å². The van der Waals surface area contributed by atoms with E-state index in [1.165, 1.54) is 0 Å².